The third kappa shape index (κ3) is 5.97. The van der Waals surface area contributed by atoms with E-state index >= 15 is 0 Å². The Hall–Kier alpha value is -3.98. The average Bonchev–Trinajstić information content (AvgIpc) is 3.66. The van der Waals surface area contributed by atoms with Crippen molar-refractivity contribution in [2.45, 2.75) is 36.5 Å². The molecular formula is C33H35FN4O3S. The van der Waals surface area contributed by atoms with Crippen LogP contribution in [0, 0.1) is 11.7 Å². The SMILES string of the molecule is CS(=O)(=O)c1ccc(N2CCC(Cc3c(C(=O)N4CC[C@H](c5ccccc5)C4)cnn3-c3ccc(F)cc3)CC2)cc1. The maximum Gasteiger partial charge on any atom is 0.257 e. The molecule has 7 nitrogen and oxygen atoms in total. The second kappa shape index (κ2) is 11.7. The fraction of sp³-hybridized carbons (Fsp3) is 0.333. The van der Waals surface area contributed by atoms with E-state index in [1.807, 2.05) is 35.2 Å². The summed E-state index contributed by atoms with van der Waals surface area (Å²) >= 11 is 0. The van der Waals surface area contributed by atoms with Crippen molar-refractivity contribution in [1.82, 2.24) is 14.7 Å². The van der Waals surface area contributed by atoms with E-state index in [1.165, 1.54) is 24.0 Å². The van der Waals surface area contributed by atoms with Crippen molar-refractivity contribution in [2.24, 2.45) is 5.92 Å². The first-order valence-electron chi connectivity index (χ1n) is 14.5. The minimum atomic E-state index is -3.23. The standard InChI is InChI=1S/C33H35FN4O3S/c1-42(40,41)30-13-11-28(12-14-30)36-18-15-24(16-19-36)21-32-31(22-35-38(32)29-9-7-27(34)8-10-29)33(39)37-20-17-26(23-37)25-5-3-2-4-6-25/h2-14,22,24,26H,15-21,23H2,1H3/t26-/m0/s1. The molecule has 2 aliphatic rings. The van der Waals surface area contributed by atoms with Crippen LogP contribution in [0.1, 0.15) is 46.8 Å². The van der Waals surface area contributed by atoms with Gasteiger partial charge in [-0.15, -0.1) is 0 Å². The summed E-state index contributed by atoms with van der Waals surface area (Å²) in [5.74, 6) is 0.348. The van der Waals surface area contributed by atoms with E-state index in [0.717, 1.165) is 49.4 Å². The first-order valence-corrected chi connectivity index (χ1v) is 16.4. The molecule has 0 spiro atoms. The van der Waals surface area contributed by atoms with Crippen LogP contribution in [0.3, 0.4) is 0 Å². The van der Waals surface area contributed by atoms with Crippen LogP contribution in [0.5, 0.6) is 0 Å². The number of sulfone groups is 1. The van der Waals surface area contributed by atoms with E-state index in [1.54, 1.807) is 35.1 Å². The predicted octanol–water partition coefficient (Wildman–Crippen LogP) is 5.50. The molecule has 0 unspecified atom stereocenters. The van der Waals surface area contributed by atoms with Gasteiger partial charge in [0.05, 0.1) is 28.0 Å². The normalized spacial score (nSPS) is 18.0. The van der Waals surface area contributed by atoms with Crippen LogP contribution in [-0.2, 0) is 16.3 Å². The van der Waals surface area contributed by atoms with Crippen LogP contribution in [0.2, 0.25) is 0 Å². The summed E-state index contributed by atoms with van der Waals surface area (Å²) in [7, 11) is -3.23. The number of aromatic nitrogens is 2. The van der Waals surface area contributed by atoms with E-state index in [-0.39, 0.29) is 11.7 Å². The van der Waals surface area contributed by atoms with Gasteiger partial charge in [0.2, 0.25) is 0 Å². The number of anilines is 1. The van der Waals surface area contributed by atoms with Gasteiger partial charge in [-0.3, -0.25) is 4.79 Å². The van der Waals surface area contributed by atoms with Gasteiger partial charge in [-0.05, 0) is 85.7 Å². The zero-order valence-corrected chi connectivity index (χ0v) is 24.5. The number of hydrogen-bond donors (Lipinski definition) is 0. The second-order valence-corrected chi connectivity index (χ2v) is 13.5. The van der Waals surface area contributed by atoms with E-state index < -0.39 is 9.84 Å². The first kappa shape index (κ1) is 28.2. The van der Waals surface area contributed by atoms with Crippen molar-refractivity contribution < 1.29 is 17.6 Å². The highest BCUT2D eigenvalue weighted by Gasteiger charge is 2.32. The quantitative estimate of drug-likeness (QED) is 0.286. The third-order valence-electron chi connectivity index (χ3n) is 8.64. The first-order chi connectivity index (χ1) is 20.3. The van der Waals surface area contributed by atoms with Crippen LogP contribution >= 0.6 is 0 Å². The van der Waals surface area contributed by atoms with Crippen molar-refractivity contribution >= 4 is 21.4 Å². The van der Waals surface area contributed by atoms with Gasteiger partial charge in [0.1, 0.15) is 5.82 Å². The average molecular weight is 587 g/mol. The molecule has 0 aliphatic carbocycles. The van der Waals surface area contributed by atoms with Gasteiger partial charge in [0, 0.05) is 44.0 Å². The van der Waals surface area contributed by atoms with Crippen molar-refractivity contribution in [3.05, 3.63) is 108 Å². The second-order valence-electron chi connectivity index (χ2n) is 11.4. The molecule has 0 bridgehead atoms. The molecule has 9 heteroatoms. The van der Waals surface area contributed by atoms with Crippen LogP contribution in [0.4, 0.5) is 10.1 Å². The van der Waals surface area contributed by atoms with Gasteiger partial charge >= 0.3 is 0 Å². The van der Waals surface area contributed by atoms with Gasteiger partial charge in [0.25, 0.3) is 5.91 Å². The highest BCUT2D eigenvalue weighted by Crippen LogP contribution is 2.31. The van der Waals surface area contributed by atoms with E-state index in [0.29, 0.717) is 41.8 Å². The summed E-state index contributed by atoms with van der Waals surface area (Å²) in [5, 5.41) is 4.63. The lowest BCUT2D eigenvalue weighted by molar-refractivity contribution is 0.0789. The maximum absolute atomic E-state index is 13.9. The van der Waals surface area contributed by atoms with Crippen molar-refractivity contribution in [2.75, 3.05) is 37.3 Å². The van der Waals surface area contributed by atoms with E-state index in [9.17, 15) is 17.6 Å². The Morgan fingerprint density at radius 3 is 2.21 bits per heavy atom. The molecule has 1 atom stereocenters. The Bertz CT molecular complexity index is 1650. The van der Waals surface area contributed by atoms with Gasteiger partial charge < -0.3 is 9.80 Å². The maximum atomic E-state index is 13.9. The number of piperidine rings is 1. The molecule has 0 N–H and O–H groups in total. The molecule has 6 rings (SSSR count). The number of likely N-dealkylation sites (tertiary alicyclic amines) is 1. The Balaban J connectivity index is 1.20. The van der Waals surface area contributed by atoms with Gasteiger partial charge in [-0.2, -0.15) is 5.10 Å². The molecular weight excluding hydrogens is 551 g/mol. The lowest BCUT2D eigenvalue weighted by Crippen LogP contribution is -2.35. The van der Waals surface area contributed by atoms with Crippen LogP contribution in [-0.4, -0.2) is 61.4 Å². The molecule has 0 radical (unpaired) electrons. The lowest BCUT2D eigenvalue weighted by atomic mass is 9.90. The van der Waals surface area contributed by atoms with E-state index in [2.05, 4.69) is 22.1 Å². The summed E-state index contributed by atoms with van der Waals surface area (Å²) in [4.78, 5) is 18.4. The summed E-state index contributed by atoms with van der Waals surface area (Å²) < 4.78 is 39.2. The summed E-state index contributed by atoms with van der Waals surface area (Å²) in [6, 6.07) is 23.7. The number of carbonyl (C=O) groups is 1. The highest BCUT2D eigenvalue weighted by molar-refractivity contribution is 7.90. The van der Waals surface area contributed by atoms with Crippen LogP contribution in [0.25, 0.3) is 5.69 Å². The van der Waals surface area contributed by atoms with E-state index in [4.69, 9.17) is 0 Å². The minimum Gasteiger partial charge on any atom is -0.372 e. The van der Waals surface area contributed by atoms with Crippen molar-refractivity contribution in [1.29, 1.82) is 0 Å². The number of hydrogen-bond acceptors (Lipinski definition) is 5. The summed E-state index contributed by atoms with van der Waals surface area (Å²) in [5.41, 5.74) is 4.48. The topological polar surface area (TPSA) is 75.5 Å². The zero-order chi connectivity index (χ0) is 29.3. The Morgan fingerprint density at radius 2 is 1.55 bits per heavy atom. The largest absolute Gasteiger partial charge is 0.372 e. The highest BCUT2D eigenvalue weighted by atomic mass is 32.2. The minimum absolute atomic E-state index is 0.000181. The number of amides is 1. The fourth-order valence-corrected chi connectivity index (χ4v) is 6.87. The van der Waals surface area contributed by atoms with Crippen molar-refractivity contribution in [3.63, 3.8) is 0 Å². The summed E-state index contributed by atoms with van der Waals surface area (Å²) in [6.45, 7) is 3.06. The molecule has 1 aromatic heterocycles. The number of benzene rings is 3. The zero-order valence-electron chi connectivity index (χ0n) is 23.7. The predicted molar refractivity (Wildman–Crippen MR) is 161 cm³/mol. The number of rotatable bonds is 7. The molecule has 4 aromatic rings. The fourth-order valence-electron chi connectivity index (χ4n) is 6.24. The molecule has 2 aliphatic heterocycles. The smallest absolute Gasteiger partial charge is 0.257 e. The molecule has 3 aromatic carbocycles. The number of halogens is 1. The van der Waals surface area contributed by atoms with Crippen LogP contribution < -0.4 is 4.90 Å². The lowest BCUT2D eigenvalue weighted by Gasteiger charge is -2.34. The Morgan fingerprint density at radius 1 is 0.881 bits per heavy atom. The number of nitrogens with zero attached hydrogens (tertiary/aromatic N) is 4. The number of carbonyl (C=O) groups excluding carboxylic acids is 1. The monoisotopic (exact) mass is 586 g/mol. The third-order valence-corrected chi connectivity index (χ3v) is 9.77. The summed E-state index contributed by atoms with van der Waals surface area (Å²) in [6.07, 6.45) is 6.37. The molecule has 3 heterocycles. The Labute approximate surface area is 246 Å². The molecule has 218 valence electrons. The molecule has 2 saturated heterocycles. The van der Waals surface area contributed by atoms with Gasteiger partial charge in [-0.25, -0.2) is 17.5 Å². The molecule has 2 fully saturated rings. The van der Waals surface area contributed by atoms with Gasteiger partial charge in [-0.1, -0.05) is 30.3 Å². The van der Waals surface area contributed by atoms with Gasteiger partial charge in [0.15, 0.2) is 9.84 Å². The molecule has 1 amide bonds. The molecule has 0 saturated carbocycles. The van der Waals surface area contributed by atoms with Crippen molar-refractivity contribution in [3.8, 4) is 5.69 Å². The Kier molecular flexibility index (Phi) is 7.86. The molecule has 42 heavy (non-hydrogen) atoms. The van der Waals surface area contributed by atoms with Crippen LogP contribution in [0.15, 0.2) is 90.0 Å².